The predicted octanol–water partition coefficient (Wildman–Crippen LogP) is 5.39. The number of carbonyl (C=O) groups excluding carboxylic acids is 1. The number of aromatic nitrogens is 1. The molecule has 0 atom stereocenters. The quantitative estimate of drug-likeness (QED) is 0.487. The van der Waals surface area contributed by atoms with Crippen molar-refractivity contribution in [2.24, 2.45) is 0 Å². The molecule has 2 heterocycles. The summed E-state index contributed by atoms with van der Waals surface area (Å²) >= 11 is 7.27. The summed E-state index contributed by atoms with van der Waals surface area (Å²) in [6.07, 6.45) is 0. The smallest absolute Gasteiger partial charge is 0.267 e. The summed E-state index contributed by atoms with van der Waals surface area (Å²) in [5, 5.41) is 4.47. The molecule has 0 aliphatic carbocycles. The molecule has 1 amide bonds. The number of aryl methyl sites for hydroxylation is 2. The fourth-order valence-corrected chi connectivity index (χ4v) is 4.89. The van der Waals surface area contributed by atoms with Gasteiger partial charge in [0.05, 0.1) is 5.69 Å². The standard InChI is InChI=1S/C25H29ClN4O2S/c1-4-29-11-13-30(14-12-29)20-7-10-22(17(2)15-20)28-25(31)24-18(3)27-23(33-24)16-32-21-8-5-19(26)6-9-21/h5-10,15H,4,11-14,16H2,1-3H3,(H,28,31). The van der Waals surface area contributed by atoms with Crippen LogP contribution in [0.25, 0.3) is 0 Å². The summed E-state index contributed by atoms with van der Waals surface area (Å²) in [5.74, 6) is 0.570. The van der Waals surface area contributed by atoms with Crippen molar-refractivity contribution in [2.45, 2.75) is 27.4 Å². The number of rotatable bonds is 7. The highest BCUT2D eigenvalue weighted by molar-refractivity contribution is 7.13. The van der Waals surface area contributed by atoms with E-state index in [0.29, 0.717) is 28.0 Å². The maximum absolute atomic E-state index is 13.0. The first-order valence-electron chi connectivity index (χ1n) is 11.2. The molecule has 0 spiro atoms. The number of nitrogens with zero attached hydrogens (tertiary/aromatic N) is 3. The van der Waals surface area contributed by atoms with Crippen LogP contribution < -0.4 is 15.0 Å². The normalized spacial score (nSPS) is 14.4. The van der Waals surface area contributed by atoms with Gasteiger partial charge in [-0.2, -0.15) is 0 Å². The Kier molecular flexibility index (Phi) is 7.53. The van der Waals surface area contributed by atoms with Crippen molar-refractivity contribution < 1.29 is 9.53 Å². The Labute approximate surface area is 204 Å². The summed E-state index contributed by atoms with van der Waals surface area (Å²) in [4.78, 5) is 22.9. The average molecular weight is 485 g/mol. The highest BCUT2D eigenvalue weighted by Crippen LogP contribution is 2.26. The highest BCUT2D eigenvalue weighted by atomic mass is 35.5. The van der Waals surface area contributed by atoms with Crippen molar-refractivity contribution in [1.29, 1.82) is 0 Å². The lowest BCUT2D eigenvalue weighted by Gasteiger charge is -2.35. The molecule has 8 heteroatoms. The van der Waals surface area contributed by atoms with E-state index in [1.165, 1.54) is 17.0 Å². The molecule has 1 aliphatic rings. The number of hydrogen-bond donors (Lipinski definition) is 1. The number of thiazole rings is 1. The molecule has 6 nitrogen and oxygen atoms in total. The molecule has 0 radical (unpaired) electrons. The fraction of sp³-hybridized carbons (Fsp3) is 0.360. The van der Waals surface area contributed by atoms with Gasteiger partial charge in [-0.25, -0.2) is 4.98 Å². The first-order valence-corrected chi connectivity index (χ1v) is 12.4. The first kappa shape index (κ1) is 23.5. The van der Waals surface area contributed by atoms with E-state index in [0.717, 1.165) is 49.0 Å². The number of piperazine rings is 1. The van der Waals surface area contributed by atoms with Crippen LogP contribution >= 0.6 is 22.9 Å². The third kappa shape index (κ3) is 5.85. The van der Waals surface area contributed by atoms with Gasteiger partial charge in [-0.3, -0.25) is 4.79 Å². The Morgan fingerprint density at radius 1 is 1.12 bits per heavy atom. The van der Waals surface area contributed by atoms with Gasteiger partial charge in [0.1, 0.15) is 22.2 Å². The summed E-state index contributed by atoms with van der Waals surface area (Å²) in [6.45, 7) is 11.7. The molecular weight excluding hydrogens is 456 g/mol. The number of benzene rings is 2. The zero-order valence-electron chi connectivity index (χ0n) is 19.2. The molecule has 0 unspecified atom stereocenters. The minimum Gasteiger partial charge on any atom is -0.486 e. The monoisotopic (exact) mass is 484 g/mol. The predicted molar refractivity (Wildman–Crippen MR) is 136 cm³/mol. The summed E-state index contributed by atoms with van der Waals surface area (Å²) in [5.41, 5.74) is 3.78. The number of nitrogens with one attached hydrogen (secondary N) is 1. The molecule has 4 rings (SSSR count). The molecule has 2 aromatic carbocycles. The topological polar surface area (TPSA) is 57.7 Å². The molecule has 0 bridgehead atoms. The van der Waals surface area contributed by atoms with Crippen molar-refractivity contribution in [2.75, 3.05) is 42.9 Å². The second-order valence-electron chi connectivity index (χ2n) is 8.14. The highest BCUT2D eigenvalue weighted by Gasteiger charge is 2.19. The number of carbonyl (C=O) groups is 1. The molecule has 1 fully saturated rings. The van der Waals surface area contributed by atoms with Gasteiger partial charge in [-0.1, -0.05) is 18.5 Å². The Bertz CT molecular complexity index is 1110. The van der Waals surface area contributed by atoms with E-state index in [9.17, 15) is 4.79 Å². The average Bonchev–Trinajstić information content (AvgIpc) is 3.20. The molecule has 1 aromatic heterocycles. The van der Waals surface area contributed by atoms with Gasteiger partial charge >= 0.3 is 0 Å². The van der Waals surface area contributed by atoms with Gasteiger partial charge in [0.2, 0.25) is 0 Å². The van der Waals surface area contributed by atoms with Crippen molar-refractivity contribution in [3.05, 3.63) is 68.6 Å². The van der Waals surface area contributed by atoms with Gasteiger partial charge in [0.15, 0.2) is 0 Å². The summed E-state index contributed by atoms with van der Waals surface area (Å²) in [7, 11) is 0. The van der Waals surface area contributed by atoms with Gasteiger partial charge in [-0.05, 0) is 68.4 Å². The fourth-order valence-electron chi connectivity index (χ4n) is 3.89. The largest absolute Gasteiger partial charge is 0.486 e. The van der Waals surface area contributed by atoms with Gasteiger partial charge in [0.25, 0.3) is 5.91 Å². The number of hydrogen-bond acceptors (Lipinski definition) is 6. The molecule has 174 valence electrons. The molecule has 1 aliphatic heterocycles. The van der Waals surface area contributed by atoms with Crippen LogP contribution in [0.15, 0.2) is 42.5 Å². The van der Waals surface area contributed by atoms with E-state index in [-0.39, 0.29) is 5.91 Å². The second-order valence-corrected chi connectivity index (χ2v) is 9.66. The van der Waals surface area contributed by atoms with Crippen LogP contribution in [0, 0.1) is 13.8 Å². The molecule has 1 N–H and O–H groups in total. The Morgan fingerprint density at radius 2 is 1.85 bits per heavy atom. The third-order valence-corrected chi connectivity index (χ3v) is 7.25. The number of likely N-dealkylation sites (N-methyl/N-ethyl adjacent to an activating group) is 1. The second kappa shape index (κ2) is 10.5. The first-order chi connectivity index (χ1) is 15.9. The van der Waals surface area contributed by atoms with E-state index in [1.54, 1.807) is 12.1 Å². The Balaban J connectivity index is 1.38. The van der Waals surface area contributed by atoms with Gasteiger partial charge < -0.3 is 19.9 Å². The third-order valence-electron chi connectivity index (χ3n) is 5.87. The number of anilines is 2. The number of halogens is 1. The van der Waals surface area contributed by atoms with Crippen LogP contribution in [0.5, 0.6) is 5.75 Å². The SMILES string of the molecule is CCN1CCN(c2ccc(NC(=O)c3sc(COc4ccc(Cl)cc4)nc3C)c(C)c2)CC1. The summed E-state index contributed by atoms with van der Waals surface area (Å²) < 4.78 is 5.77. The number of amides is 1. The lowest BCUT2D eigenvalue weighted by molar-refractivity contribution is 0.102. The lowest BCUT2D eigenvalue weighted by Crippen LogP contribution is -2.46. The zero-order valence-corrected chi connectivity index (χ0v) is 20.8. The van der Waals surface area contributed by atoms with Gasteiger partial charge in [-0.15, -0.1) is 11.3 Å². The molecule has 0 saturated carbocycles. The van der Waals surface area contributed by atoms with E-state index in [2.05, 4.69) is 39.2 Å². The molecule has 1 saturated heterocycles. The molecular formula is C25H29ClN4O2S. The van der Waals surface area contributed by atoms with Gasteiger partial charge in [0, 0.05) is 42.6 Å². The number of ether oxygens (including phenoxy) is 1. The zero-order chi connectivity index (χ0) is 23.4. The van der Waals surface area contributed by atoms with E-state index >= 15 is 0 Å². The van der Waals surface area contributed by atoms with Crippen LogP contribution in [-0.2, 0) is 6.61 Å². The Hall–Kier alpha value is -2.61. The minimum absolute atomic E-state index is 0.143. The van der Waals surface area contributed by atoms with Crippen LogP contribution in [0.2, 0.25) is 5.02 Å². The minimum atomic E-state index is -0.143. The van der Waals surface area contributed by atoms with Crippen LogP contribution in [0.1, 0.15) is 32.9 Å². The van der Waals surface area contributed by atoms with Crippen molar-refractivity contribution >= 4 is 40.2 Å². The van der Waals surface area contributed by atoms with Crippen LogP contribution in [0.4, 0.5) is 11.4 Å². The van der Waals surface area contributed by atoms with E-state index in [1.807, 2.05) is 32.0 Å². The Morgan fingerprint density at radius 3 is 2.52 bits per heavy atom. The van der Waals surface area contributed by atoms with Crippen LogP contribution in [-0.4, -0.2) is 48.5 Å². The molecule has 33 heavy (non-hydrogen) atoms. The van der Waals surface area contributed by atoms with Crippen molar-refractivity contribution in [3.8, 4) is 5.75 Å². The van der Waals surface area contributed by atoms with Crippen molar-refractivity contribution in [3.63, 3.8) is 0 Å². The maximum Gasteiger partial charge on any atom is 0.267 e. The van der Waals surface area contributed by atoms with E-state index in [4.69, 9.17) is 16.3 Å². The maximum atomic E-state index is 13.0. The van der Waals surface area contributed by atoms with Crippen LogP contribution in [0.3, 0.4) is 0 Å². The lowest BCUT2D eigenvalue weighted by atomic mass is 10.1. The van der Waals surface area contributed by atoms with E-state index < -0.39 is 0 Å². The molecule has 3 aromatic rings. The summed E-state index contributed by atoms with van der Waals surface area (Å²) in [6, 6.07) is 13.4. The van der Waals surface area contributed by atoms with Crippen molar-refractivity contribution in [1.82, 2.24) is 9.88 Å².